The number of allylic oxidation sites excluding steroid dienone is 1. The highest BCUT2D eigenvalue weighted by Gasteiger charge is 2.18. The van der Waals surface area contributed by atoms with Crippen molar-refractivity contribution in [1.29, 1.82) is 0 Å². The molecule has 2 aromatic rings. The minimum atomic E-state index is -0.668. The zero-order chi connectivity index (χ0) is 22.1. The summed E-state index contributed by atoms with van der Waals surface area (Å²) < 4.78 is 26.1. The zero-order valence-corrected chi connectivity index (χ0v) is 17.4. The maximum atomic E-state index is 12.5. The van der Waals surface area contributed by atoms with Crippen LogP contribution in [-0.2, 0) is 16.0 Å². The summed E-state index contributed by atoms with van der Waals surface area (Å²) in [6.45, 7) is 3.23. The van der Waals surface area contributed by atoms with Crippen molar-refractivity contribution >= 4 is 17.6 Å². The lowest BCUT2D eigenvalue weighted by Crippen LogP contribution is -2.21. The number of benzene rings is 2. The number of carbonyl (C=O) groups excluding carboxylic acids is 2. The SMILES string of the molecule is C=CCc1cc(C(=O)OCC(=O)Nc2ccc(OC)cc2OC)cc(OC)c1OC. The van der Waals surface area contributed by atoms with E-state index < -0.39 is 18.5 Å². The summed E-state index contributed by atoms with van der Waals surface area (Å²) in [5.74, 6) is 0.717. The second-order valence-electron chi connectivity index (χ2n) is 6.05. The fourth-order valence-electron chi connectivity index (χ4n) is 2.77. The Labute approximate surface area is 175 Å². The Morgan fingerprint density at radius 3 is 2.30 bits per heavy atom. The summed E-state index contributed by atoms with van der Waals surface area (Å²) in [5, 5.41) is 2.64. The second kappa shape index (κ2) is 10.8. The molecule has 0 aliphatic rings. The van der Waals surface area contributed by atoms with Crippen LogP contribution in [0.2, 0.25) is 0 Å². The fourth-order valence-corrected chi connectivity index (χ4v) is 2.77. The highest BCUT2D eigenvalue weighted by atomic mass is 16.5. The van der Waals surface area contributed by atoms with E-state index in [2.05, 4.69) is 11.9 Å². The zero-order valence-electron chi connectivity index (χ0n) is 17.4. The number of ether oxygens (including phenoxy) is 5. The molecule has 2 rings (SSSR count). The maximum Gasteiger partial charge on any atom is 0.338 e. The van der Waals surface area contributed by atoms with Gasteiger partial charge < -0.3 is 29.0 Å². The van der Waals surface area contributed by atoms with Gasteiger partial charge >= 0.3 is 5.97 Å². The third-order valence-corrected chi connectivity index (χ3v) is 4.17. The Balaban J connectivity index is 2.09. The lowest BCUT2D eigenvalue weighted by atomic mass is 10.1. The Morgan fingerprint density at radius 1 is 0.967 bits per heavy atom. The topological polar surface area (TPSA) is 92.3 Å². The van der Waals surface area contributed by atoms with E-state index in [0.717, 1.165) is 0 Å². The molecule has 0 saturated heterocycles. The largest absolute Gasteiger partial charge is 0.497 e. The molecule has 160 valence electrons. The van der Waals surface area contributed by atoms with E-state index >= 15 is 0 Å². The number of hydrogen-bond acceptors (Lipinski definition) is 7. The Bertz CT molecular complexity index is 924. The van der Waals surface area contributed by atoms with E-state index in [1.807, 2.05) is 0 Å². The monoisotopic (exact) mass is 415 g/mol. The van der Waals surface area contributed by atoms with Crippen molar-refractivity contribution in [1.82, 2.24) is 0 Å². The first-order valence-corrected chi connectivity index (χ1v) is 9.02. The van der Waals surface area contributed by atoms with Gasteiger partial charge in [-0.25, -0.2) is 4.79 Å². The van der Waals surface area contributed by atoms with Gasteiger partial charge in [0.1, 0.15) is 11.5 Å². The van der Waals surface area contributed by atoms with Gasteiger partial charge in [0.2, 0.25) is 0 Å². The van der Waals surface area contributed by atoms with Crippen LogP contribution in [0.25, 0.3) is 0 Å². The standard InChI is InChI=1S/C22H25NO7/c1-6-7-14-10-15(11-19(28-4)21(14)29-5)22(25)30-13-20(24)23-17-9-8-16(26-2)12-18(17)27-3/h6,8-12H,1,7,13H2,2-5H3,(H,23,24). The van der Waals surface area contributed by atoms with Gasteiger partial charge in [0, 0.05) is 11.6 Å². The smallest absolute Gasteiger partial charge is 0.338 e. The van der Waals surface area contributed by atoms with Crippen molar-refractivity contribution in [2.45, 2.75) is 6.42 Å². The van der Waals surface area contributed by atoms with Gasteiger partial charge in [-0.2, -0.15) is 0 Å². The molecule has 8 nitrogen and oxygen atoms in total. The van der Waals surface area contributed by atoms with E-state index in [4.69, 9.17) is 23.7 Å². The molecular formula is C22H25NO7. The van der Waals surface area contributed by atoms with Crippen LogP contribution in [-0.4, -0.2) is 46.9 Å². The average molecular weight is 415 g/mol. The molecule has 8 heteroatoms. The van der Waals surface area contributed by atoms with Crippen LogP contribution >= 0.6 is 0 Å². The number of esters is 1. The second-order valence-corrected chi connectivity index (χ2v) is 6.05. The van der Waals surface area contributed by atoms with Crippen LogP contribution in [0.15, 0.2) is 43.0 Å². The fraction of sp³-hybridized carbons (Fsp3) is 0.273. The summed E-state index contributed by atoms with van der Waals surface area (Å²) >= 11 is 0. The van der Waals surface area contributed by atoms with Crippen molar-refractivity contribution in [2.75, 3.05) is 40.4 Å². The van der Waals surface area contributed by atoms with Gasteiger partial charge in [-0.15, -0.1) is 6.58 Å². The Kier molecular flexibility index (Phi) is 8.10. The Hall–Kier alpha value is -3.68. The van der Waals surface area contributed by atoms with Crippen molar-refractivity contribution in [3.8, 4) is 23.0 Å². The molecule has 0 atom stereocenters. The number of methoxy groups -OCH3 is 4. The van der Waals surface area contributed by atoms with Crippen molar-refractivity contribution < 1.29 is 33.3 Å². The third kappa shape index (κ3) is 5.44. The number of anilines is 1. The van der Waals surface area contributed by atoms with E-state index in [1.165, 1.54) is 34.5 Å². The molecule has 2 aromatic carbocycles. The molecule has 0 aliphatic heterocycles. The molecule has 0 aliphatic carbocycles. The van der Waals surface area contributed by atoms with E-state index in [0.29, 0.717) is 40.7 Å². The van der Waals surface area contributed by atoms with Crippen molar-refractivity contribution in [3.63, 3.8) is 0 Å². The molecule has 1 N–H and O–H groups in total. The lowest BCUT2D eigenvalue weighted by Gasteiger charge is -2.14. The summed E-state index contributed by atoms with van der Waals surface area (Å²) in [6, 6.07) is 8.06. The highest BCUT2D eigenvalue weighted by molar-refractivity contribution is 5.96. The number of carbonyl (C=O) groups is 2. The molecule has 0 bridgehead atoms. The number of rotatable bonds is 10. The third-order valence-electron chi connectivity index (χ3n) is 4.17. The normalized spacial score (nSPS) is 10.0. The van der Waals surface area contributed by atoms with E-state index in [-0.39, 0.29) is 5.56 Å². The average Bonchev–Trinajstić information content (AvgIpc) is 2.77. The highest BCUT2D eigenvalue weighted by Crippen LogP contribution is 2.33. The molecule has 0 heterocycles. The molecule has 0 fully saturated rings. The first-order valence-electron chi connectivity index (χ1n) is 9.02. The van der Waals surface area contributed by atoms with Gasteiger partial charge in [-0.1, -0.05) is 6.08 Å². The lowest BCUT2D eigenvalue weighted by molar-refractivity contribution is -0.119. The van der Waals surface area contributed by atoms with Crippen LogP contribution in [0.1, 0.15) is 15.9 Å². The number of nitrogens with one attached hydrogen (secondary N) is 1. The van der Waals surface area contributed by atoms with Gasteiger partial charge in [0.15, 0.2) is 18.1 Å². The molecular weight excluding hydrogens is 390 g/mol. The molecule has 1 amide bonds. The Morgan fingerprint density at radius 2 is 1.70 bits per heavy atom. The first kappa shape index (κ1) is 22.6. The number of amides is 1. The van der Waals surface area contributed by atoms with Crippen molar-refractivity contribution in [3.05, 3.63) is 54.1 Å². The number of hydrogen-bond donors (Lipinski definition) is 1. The molecule has 0 unspecified atom stereocenters. The van der Waals surface area contributed by atoms with Gasteiger partial charge in [0.05, 0.1) is 39.7 Å². The maximum absolute atomic E-state index is 12.5. The molecule has 0 radical (unpaired) electrons. The molecule has 30 heavy (non-hydrogen) atoms. The van der Waals surface area contributed by atoms with Gasteiger partial charge in [0.25, 0.3) is 5.91 Å². The van der Waals surface area contributed by atoms with Crippen LogP contribution in [0.4, 0.5) is 5.69 Å². The summed E-state index contributed by atoms with van der Waals surface area (Å²) in [7, 11) is 5.99. The predicted molar refractivity (Wildman–Crippen MR) is 112 cm³/mol. The van der Waals surface area contributed by atoms with Gasteiger partial charge in [-0.05, 0) is 30.7 Å². The molecule has 0 spiro atoms. The van der Waals surface area contributed by atoms with Crippen LogP contribution < -0.4 is 24.3 Å². The van der Waals surface area contributed by atoms with Gasteiger partial charge in [-0.3, -0.25) is 4.79 Å². The minimum Gasteiger partial charge on any atom is -0.497 e. The van der Waals surface area contributed by atoms with E-state index in [1.54, 1.807) is 30.3 Å². The van der Waals surface area contributed by atoms with Crippen LogP contribution in [0.3, 0.4) is 0 Å². The molecule has 0 saturated carbocycles. The van der Waals surface area contributed by atoms with E-state index in [9.17, 15) is 9.59 Å². The quantitative estimate of drug-likeness (QED) is 0.470. The van der Waals surface area contributed by atoms with Crippen LogP contribution in [0, 0.1) is 0 Å². The predicted octanol–water partition coefficient (Wildman–Crippen LogP) is 3.25. The first-order chi connectivity index (χ1) is 14.5. The van der Waals surface area contributed by atoms with Crippen molar-refractivity contribution in [2.24, 2.45) is 0 Å². The summed E-state index contributed by atoms with van der Waals surface area (Å²) in [6.07, 6.45) is 2.15. The minimum absolute atomic E-state index is 0.235. The van der Waals surface area contributed by atoms with Crippen LogP contribution in [0.5, 0.6) is 23.0 Å². The molecule has 0 aromatic heterocycles. The summed E-state index contributed by atoms with van der Waals surface area (Å²) in [5.41, 5.74) is 1.38. The summed E-state index contributed by atoms with van der Waals surface area (Å²) in [4.78, 5) is 24.7.